The largest absolute Gasteiger partial charge is 0.489 e. The van der Waals surface area contributed by atoms with E-state index in [1.54, 1.807) is 0 Å². The van der Waals surface area contributed by atoms with E-state index in [9.17, 15) is 0 Å². The highest BCUT2D eigenvalue weighted by molar-refractivity contribution is 14.0. The molecular weight excluding hydrogens is 517 g/mol. The van der Waals surface area contributed by atoms with Gasteiger partial charge in [-0.25, -0.2) is 4.98 Å². The van der Waals surface area contributed by atoms with Gasteiger partial charge in [-0.05, 0) is 30.0 Å². The molecule has 1 aromatic carbocycles. The molecule has 0 spiro atoms. The third-order valence-corrected chi connectivity index (χ3v) is 5.93. The molecule has 1 fully saturated rings. The molecule has 0 amide bonds. The highest BCUT2D eigenvalue weighted by atomic mass is 127. The van der Waals surface area contributed by atoms with E-state index in [2.05, 4.69) is 31.7 Å². The van der Waals surface area contributed by atoms with Crippen molar-refractivity contribution in [1.82, 2.24) is 19.8 Å². The number of aromatic nitrogens is 2. The van der Waals surface area contributed by atoms with Gasteiger partial charge in [0.25, 0.3) is 0 Å². The Kier molecular flexibility index (Phi) is 8.10. The molecule has 2 atom stereocenters. The lowest BCUT2D eigenvalue weighted by molar-refractivity contribution is 0.189. The van der Waals surface area contributed by atoms with Gasteiger partial charge in [0.2, 0.25) is 0 Å². The lowest BCUT2D eigenvalue weighted by atomic mass is 9.93. The van der Waals surface area contributed by atoms with Crippen molar-refractivity contribution in [1.29, 1.82) is 0 Å². The molecule has 4 rings (SSSR count). The van der Waals surface area contributed by atoms with Crippen LogP contribution in [0, 0.1) is 5.92 Å². The van der Waals surface area contributed by atoms with Crippen LogP contribution in [-0.2, 0) is 6.54 Å². The number of rotatable bonds is 3. The molecule has 2 aliphatic heterocycles. The Morgan fingerprint density at radius 3 is 2.93 bits per heavy atom. The summed E-state index contributed by atoms with van der Waals surface area (Å²) in [5.74, 6) is 2.85. The Bertz CT molecular complexity index is 861. The summed E-state index contributed by atoms with van der Waals surface area (Å²) < 4.78 is 13.7. The highest BCUT2D eigenvalue weighted by Crippen LogP contribution is 2.38. The molecule has 0 saturated carbocycles. The molecule has 1 aromatic heterocycles. The first-order valence-corrected chi connectivity index (χ1v) is 10.5. The first-order valence-electron chi connectivity index (χ1n) is 10.2. The zero-order chi connectivity index (χ0) is 20.2. The Hall–Kier alpha value is -1.68. The zero-order valence-electron chi connectivity index (χ0n) is 17.4. The van der Waals surface area contributed by atoms with Gasteiger partial charge in [-0.2, -0.15) is 0 Å². The highest BCUT2D eigenvalue weighted by Gasteiger charge is 2.29. The van der Waals surface area contributed by atoms with Crippen molar-refractivity contribution in [3.63, 3.8) is 0 Å². The van der Waals surface area contributed by atoms with E-state index in [1.807, 2.05) is 37.9 Å². The normalized spacial score (nSPS) is 21.6. The number of hydrogen-bond acceptors (Lipinski definition) is 4. The first kappa shape index (κ1) is 23.0. The van der Waals surface area contributed by atoms with Crippen LogP contribution in [0.2, 0.25) is 5.02 Å². The number of benzene rings is 1. The summed E-state index contributed by atoms with van der Waals surface area (Å²) in [6.45, 7) is 6.07. The second-order valence-corrected chi connectivity index (χ2v) is 8.05. The molecule has 9 heteroatoms. The van der Waals surface area contributed by atoms with E-state index in [0.717, 1.165) is 37.5 Å². The van der Waals surface area contributed by atoms with Crippen molar-refractivity contribution in [3.05, 3.63) is 41.4 Å². The number of fused-ring (bicyclic) bond motifs is 1. The Morgan fingerprint density at radius 1 is 1.33 bits per heavy atom. The first-order chi connectivity index (χ1) is 14.2. The van der Waals surface area contributed by atoms with Crippen LogP contribution in [0.4, 0.5) is 0 Å². The average molecular weight is 546 g/mol. The van der Waals surface area contributed by atoms with Crippen molar-refractivity contribution < 1.29 is 9.47 Å². The Balaban J connectivity index is 0.00000256. The number of nitrogens with one attached hydrogen (secondary N) is 1. The smallest absolute Gasteiger partial charge is 0.193 e. The van der Waals surface area contributed by atoms with Crippen LogP contribution in [0.25, 0.3) is 0 Å². The van der Waals surface area contributed by atoms with Crippen molar-refractivity contribution in [3.8, 4) is 11.5 Å². The third kappa shape index (κ3) is 5.14. The summed E-state index contributed by atoms with van der Waals surface area (Å²) in [4.78, 5) is 11.0. The van der Waals surface area contributed by atoms with Gasteiger partial charge in [0, 0.05) is 45.5 Å². The lowest BCUT2D eigenvalue weighted by Gasteiger charge is -2.39. The monoisotopic (exact) mass is 545 g/mol. The summed E-state index contributed by atoms with van der Waals surface area (Å²) in [7, 11) is 1.83. The molecule has 3 heterocycles. The van der Waals surface area contributed by atoms with E-state index >= 15 is 0 Å². The van der Waals surface area contributed by atoms with Gasteiger partial charge in [-0.1, -0.05) is 18.5 Å². The lowest BCUT2D eigenvalue weighted by Crippen LogP contribution is -2.48. The van der Waals surface area contributed by atoms with E-state index < -0.39 is 0 Å². The standard InChI is InChI=1S/C21H28ClN5O2.HI/c1-15-4-6-26(13-18(15)27-7-5-24-14-27)21(23-2)25-12-16-10-17(22)20-19(11-16)28-8-3-9-29-20;/h5,7,10-11,14-15,18H,3-4,6,8-9,12-13H2,1-2H3,(H,23,25);1H. The van der Waals surface area contributed by atoms with Gasteiger partial charge in [0.1, 0.15) is 0 Å². The summed E-state index contributed by atoms with van der Waals surface area (Å²) >= 11 is 6.43. The number of ether oxygens (including phenoxy) is 2. The number of aliphatic imine (C=N–C) groups is 1. The summed E-state index contributed by atoms with van der Waals surface area (Å²) in [5, 5.41) is 4.07. The number of nitrogens with zero attached hydrogens (tertiary/aromatic N) is 4. The van der Waals surface area contributed by atoms with Gasteiger partial charge in [0.15, 0.2) is 17.5 Å². The summed E-state index contributed by atoms with van der Waals surface area (Å²) in [5.41, 5.74) is 1.04. The molecular formula is C21H29ClIN5O2. The van der Waals surface area contributed by atoms with Gasteiger partial charge in [0.05, 0.1) is 30.6 Å². The fourth-order valence-electron chi connectivity index (χ4n) is 3.99. The Labute approximate surface area is 199 Å². The predicted molar refractivity (Wildman–Crippen MR) is 129 cm³/mol. The number of likely N-dealkylation sites (tertiary alicyclic amines) is 1. The SMILES string of the molecule is CN=C(NCc1cc(Cl)c2c(c1)OCCCO2)N1CCC(C)C(n2ccnc2)C1.I. The molecule has 164 valence electrons. The number of guanidine groups is 1. The molecule has 7 nitrogen and oxygen atoms in total. The number of halogens is 2. The molecule has 2 aliphatic rings. The van der Waals surface area contributed by atoms with Crippen LogP contribution >= 0.6 is 35.6 Å². The fourth-order valence-corrected chi connectivity index (χ4v) is 4.28. The predicted octanol–water partition coefficient (Wildman–Crippen LogP) is 3.97. The quantitative estimate of drug-likeness (QED) is 0.359. The Morgan fingerprint density at radius 2 is 2.17 bits per heavy atom. The molecule has 30 heavy (non-hydrogen) atoms. The number of hydrogen-bond donors (Lipinski definition) is 1. The van der Waals surface area contributed by atoms with Gasteiger partial charge in [-0.15, -0.1) is 24.0 Å². The second-order valence-electron chi connectivity index (χ2n) is 7.65. The molecule has 2 unspecified atom stereocenters. The van der Waals surface area contributed by atoms with Crippen molar-refractivity contribution in [2.45, 2.75) is 32.4 Å². The van der Waals surface area contributed by atoms with Crippen molar-refractivity contribution >= 4 is 41.5 Å². The minimum absolute atomic E-state index is 0. The van der Waals surface area contributed by atoms with Gasteiger partial charge in [-0.3, -0.25) is 4.99 Å². The maximum absolute atomic E-state index is 6.43. The van der Waals surface area contributed by atoms with E-state index in [1.165, 1.54) is 0 Å². The summed E-state index contributed by atoms with van der Waals surface area (Å²) in [6.07, 6.45) is 7.75. The molecule has 1 saturated heterocycles. The molecule has 0 aliphatic carbocycles. The zero-order valence-corrected chi connectivity index (χ0v) is 20.5. The molecule has 0 radical (unpaired) electrons. The van der Waals surface area contributed by atoms with E-state index in [-0.39, 0.29) is 24.0 Å². The van der Waals surface area contributed by atoms with Crippen LogP contribution < -0.4 is 14.8 Å². The average Bonchev–Trinajstić information content (AvgIpc) is 3.14. The maximum atomic E-state index is 6.43. The molecule has 0 bridgehead atoms. The van der Waals surface area contributed by atoms with Gasteiger partial charge < -0.3 is 24.3 Å². The van der Waals surface area contributed by atoms with Crippen molar-refractivity contribution in [2.24, 2.45) is 10.9 Å². The fraction of sp³-hybridized carbons (Fsp3) is 0.524. The maximum Gasteiger partial charge on any atom is 0.193 e. The van der Waals surface area contributed by atoms with E-state index in [0.29, 0.717) is 48.2 Å². The minimum atomic E-state index is 0. The van der Waals surface area contributed by atoms with Gasteiger partial charge >= 0.3 is 0 Å². The third-order valence-electron chi connectivity index (χ3n) is 5.65. The van der Waals surface area contributed by atoms with Crippen LogP contribution in [0.5, 0.6) is 11.5 Å². The van der Waals surface area contributed by atoms with Crippen LogP contribution in [-0.4, -0.2) is 53.8 Å². The number of piperidine rings is 1. The van der Waals surface area contributed by atoms with Crippen molar-refractivity contribution in [2.75, 3.05) is 33.4 Å². The van der Waals surface area contributed by atoms with Crippen LogP contribution in [0.15, 0.2) is 35.8 Å². The molecule has 2 aromatic rings. The summed E-state index contributed by atoms with van der Waals surface area (Å²) in [6, 6.07) is 4.32. The van der Waals surface area contributed by atoms with E-state index in [4.69, 9.17) is 21.1 Å². The number of imidazole rings is 1. The second kappa shape index (κ2) is 10.6. The van der Waals surface area contributed by atoms with Crippen LogP contribution in [0.3, 0.4) is 0 Å². The minimum Gasteiger partial charge on any atom is -0.489 e. The topological polar surface area (TPSA) is 63.9 Å². The van der Waals surface area contributed by atoms with Crippen LogP contribution in [0.1, 0.15) is 31.4 Å². The molecule has 1 N–H and O–H groups in total.